The minimum Gasteiger partial charge on any atom is -0.375 e. The summed E-state index contributed by atoms with van der Waals surface area (Å²) < 4.78 is 0. The van der Waals surface area contributed by atoms with Gasteiger partial charge < -0.3 is 11.1 Å². The Morgan fingerprint density at radius 2 is 2.25 bits per heavy atom. The van der Waals surface area contributed by atoms with E-state index >= 15 is 0 Å². The second-order valence-electron chi connectivity index (χ2n) is 4.41. The first kappa shape index (κ1) is 13.7. The predicted molar refractivity (Wildman–Crippen MR) is 72.0 cm³/mol. The molecule has 0 radical (unpaired) electrons. The summed E-state index contributed by atoms with van der Waals surface area (Å²) in [6, 6.07) is 0.682. The molecule has 1 aromatic rings. The van der Waals surface area contributed by atoms with E-state index in [1.54, 1.807) is 11.3 Å². The Morgan fingerprint density at radius 1 is 1.50 bits per heavy atom. The van der Waals surface area contributed by atoms with Crippen LogP contribution in [-0.2, 0) is 6.54 Å². The van der Waals surface area contributed by atoms with Crippen molar-refractivity contribution >= 4 is 28.9 Å². The van der Waals surface area contributed by atoms with E-state index < -0.39 is 0 Å². The van der Waals surface area contributed by atoms with Gasteiger partial charge in [0.25, 0.3) is 0 Å². The van der Waals surface area contributed by atoms with Crippen LogP contribution in [0.5, 0.6) is 0 Å². The van der Waals surface area contributed by atoms with Crippen molar-refractivity contribution in [3.8, 4) is 0 Å². The highest BCUT2D eigenvalue weighted by molar-refractivity contribution is 7.15. The molecule has 1 saturated carbocycles. The highest BCUT2D eigenvalue weighted by atomic mass is 35.5. The van der Waals surface area contributed by atoms with E-state index in [-0.39, 0.29) is 12.4 Å². The molecule has 92 valence electrons. The Balaban J connectivity index is 0.00000128. The van der Waals surface area contributed by atoms with E-state index in [9.17, 15) is 0 Å². The third-order valence-corrected chi connectivity index (χ3v) is 4.05. The molecular formula is C11H20ClN3S. The number of hydrogen-bond acceptors (Lipinski definition) is 4. The molecule has 5 heteroatoms. The molecule has 1 aliphatic rings. The third kappa shape index (κ3) is 3.61. The lowest BCUT2D eigenvalue weighted by atomic mass is 9.86. The molecule has 1 aliphatic carbocycles. The summed E-state index contributed by atoms with van der Waals surface area (Å²) in [4.78, 5) is 5.30. The third-order valence-electron chi connectivity index (χ3n) is 3.22. The summed E-state index contributed by atoms with van der Waals surface area (Å²) in [6.07, 6.45) is 7.32. The average molecular weight is 262 g/mol. The summed E-state index contributed by atoms with van der Waals surface area (Å²) >= 11 is 1.58. The number of thiazole rings is 1. The van der Waals surface area contributed by atoms with Gasteiger partial charge in [0.2, 0.25) is 0 Å². The van der Waals surface area contributed by atoms with E-state index in [2.05, 4.69) is 17.2 Å². The molecule has 0 aliphatic heterocycles. The number of nitrogens with zero attached hydrogens (tertiary/aromatic N) is 1. The van der Waals surface area contributed by atoms with Crippen LogP contribution in [0.2, 0.25) is 0 Å². The zero-order valence-electron chi connectivity index (χ0n) is 9.61. The van der Waals surface area contributed by atoms with Crippen LogP contribution < -0.4 is 11.1 Å². The van der Waals surface area contributed by atoms with Crippen molar-refractivity contribution in [3.05, 3.63) is 11.1 Å². The predicted octanol–water partition coefficient (Wildman–Crippen LogP) is 2.82. The molecule has 0 spiro atoms. The molecule has 0 amide bonds. The molecule has 0 aromatic carbocycles. The van der Waals surface area contributed by atoms with Gasteiger partial charge in [-0.1, -0.05) is 19.8 Å². The number of nitrogen functional groups attached to an aromatic ring is 1. The highest BCUT2D eigenvalue weighted by Crippen LogP contribution is 2.24. The number of rotatable bonds is 3. The van der Waals surface area contributed by atoms with Gasteiger partial charge in [-0.3, -0.25) is 0 Å². The van der Waals surface area contributed by atoms with E-state index in [1.807, 2.05) is 6.20 Å². The molecule has 2 rings (SSSR count). The number of halogens is 1. The number of anilines is 1. The second kappa shape index (κ2) is 6.42. The van der Waals surface area contributed by atoms with Crippen LogP contribution in [-0.4, -0.2) is 11.0 Å². The van der Waals surface area contributed by atoms with Gasteiger partial charge in [-0.25, -0.2) is 4.98 Å². The lowest BCUT2D eigenvalue weighted by Gasteiger charge is -2.29. The largest absolute Gasteiger partial charge is 0.375 e. The van der Waals surface area contributed by atoms with Crippen molar-refractivity contribution in [1.29, 1.82) is 0 Å². The maximum absolute atomic E-state index is 5.59. The molecule has 2 atom stereocenters. The van der Waals surface area contributed by atoms with E-state index in [4.69, 9.17) is 5.73 Å². The normalized spacial score (nSPS) is 25.1. The molecule has 16 heavy (non-hydrogen) atoms. The molecular weight excluding hydrogens is 242 g/mol. The first-order valence-electron chi connectivity index (χ1n) is 5.69. The number of nitrogens with two attached hydrogens (primary N) is 1. The first-order valence-corrected chi connectivity index (χ1v) is 6.51. The van der Waals surface area contributed by atoms with Crippen LogP contribution in [0.4, 0.5) is 5.13 Å². The molecule has 3 nitrogen and oxygen atoms in total. The lowest BCUT2D eigenvalue weighted by Crippen LogP contribution is -2.36. The summed E-state index contributed by atoms with van der Waals surface area (Å²) in [5, 5.41) is 4.29. The fraction of sp³-hybridized carbons (Fsp3) is 0.727. The zero-order chi connectivity index (χ0) is 10.7. The van der Waals surface area contributed by atoms with E-state index in [1.165, 1.54) is 30.6 Å². The van der Waals surface area contributed by atoms with Crippen LogP contribution >= 0.6 is 23.7 Å². The average Bonchev–Trinajstić information content (AvgIpc) is 2.63. The van der Waals surface area contributed by atoms with Gasteiger partial charge in [0, 0.05) is 23.7 Å². The zero-order valence-corrected chi connectivity index (χ0v) is 11.2. The van der Waals surface area contributed by atoms with Crippen LogP contribution in [0.15, 0.2) is 6.20 Å². The van der Waals surface area contributed by atoms with Crippen molar-refractivity contribution in [2.45, 2.75) is 45.2 Å². The summed E-state index contributed by atoms with van der Waals surface area (Å²) in [6.45, 7) is 3.27. The minimum absolute atomic E-state index is 0. The van der Waals surface area contributed by atoms with Gasteiger partial charge in [-0.2, -0.15) is 0 Å². The molecule has 2 unspecified atom stereocenters. The second-order valence-corrected chi connectivity index (χ2v) is 5.56. The maximum atomic E-state index is 5.59. The number of aromatic nitrogens is 1. The topological polar surface area (TPSA) is 50.9 Å². The molecule has 1 fully saturated rings. The van der Waals surface area contributed by atoms with E-state index in [0.717, 1.165) is 12.5 Å². The smallest absolute Gasteiger partial charge is 0.180 e. The molecule has 0 bridgehead atoms. The Bertz CT molecular complexity index is 316. The number of hydrogen-bond donors (Lipinski definition) is 2. The van der Waals surface area contributed by atoms with Crippen LogP contribution in [0.1, 0.15) is 37.5 Å². The fourth-order valence-electron chi connectivity index (χ4n) is 2.26. The van der Waals surface area contributed by atoms with Crippen LogP contribution in [0.25, 0.3) is 0 Å². The number of nitrogens with one attached hydrogen (secondary N) is 1. The van der Waals surface area contributed by atoms with Gasteiger partial charge in [0.05, 0.1) is 0 Å². The highest BCUT2D eigenvalue weighted by Gasteiger charge is 2.20. The first-order chi connectivity index (χ1) is 7.25. The summed E-state index contributed by atoms with van der Waals surface area (Å²) in [5.74, 6) is 0.809. The molecule has 0 saturated heterocycles. The van der Waals surface area contributed by atoms with Gasteiger partial charge in [-0.15, -0.1) is 23.7 Å². The minimum atomic E-state index is 0. The Hall–Kier alpha value is -0.320. The maximum Gasteiger partial charge on any atom is 0.180 e. The standard InChI is InChI=1S/C11H19N3S.ClH/c1-8-4-2-3-5-10(8)13-6-9-7-14-11(12)15-9;/h7-8,10,13H,2-6H2,1H3,(H2,12,14);1H. The Morgan fingerprint density at radius 3 is 2.88 bits per heavy atom. The van der Waals surface area contributed by atoms with E-state index in [0.29, 0.717) is 11.2 Å². The summed E-state index contributed by atoms with van der Waals surface area (Å²) in [7, 11) is 0. The SMILES string of the molecule is CC1CCCCC1NCc1cnc(N)s1.Cl. The van der Waals surface area contributed by atoms with Crippen molar-refractivity contribution < 1.29 is 0 Å². The Labute approximate surface area is 107 Å². The monoisotopic (exact) mass is 261 g/mol. The molecule has 1 aromatic heterocycles. The fourth-order valence-corrected chi connectivity index (χ4v) is 2.89. The van der Waals surface area contributed by atoms with Gasteiger partial charge >= 0.3 is 0 Å². The molecule has 1 heterocycles. The van der Waals surface area contributed by atoms with Crippen molar-refractivity contribution in [2.24, 2.45) is 5.92 Å². The Kier molecular flexibility index (Phi) is 5.52. The van der Waals surface area contributed by atoms with Gasteiger partial charge in [-0.05, 0) is 18.8 Å². The summed E-state index contributed by atoms with van der Waals surface area (Å²) in [5.41, 5.74) is 5.59. The van der Waals surface area contributed by atoms with Crippen molar-refractivity contribution in [1.82, 2.24) is 10.3 Å². The van der Waals surface area contributed by atoms with Gasteiger partial charge in [0.1, 0.15) is 0 Å². The molecule has 3 N–H and O–H groups in total. The van der Waals surface area contributed by atoms with Crippen molar-refractivity contribution in [3.63, 3.8) is 0 Å². The van der Waals surface area contributed by atoms with Gasteiger partial charge in [0.15, 0.2) is 5.13 Å². The van der Waals surface area contributed by atoms with Crippen LogP contribution in [0.3, 0.4) is 0 Å². The lowest BCUT2D eigenvalue weighted by molar-refractivity contribution is 0.280. The quantitative estimate of drug-likeness (QED) is 0.880. The van der Waals surface area contributed by atoms with Crippen LogP contribution in [0, 0.1) is 5.92 Å². The van der Waals surface area contributed by atoms with Crippen molar-refractivity contribution in [2.75, 3.05) is 5.73 Å².